The van der Waals surface area contributed by atoms with E-state index in [1.807, 2.05) is 0 Å². The summed E-state index contributed by atoms with van der Waals surface area (Å²) in [5.41, 5.74) is 0.786. The van der Waals surface area contributed by atoms with E-state index in [2.05, 4.69) is 15.5 Å². The SMILES string of the molecule is CC(Sc1nnc(-c2ccccc2F)n1C)C(=O)Nc1cc(Cl)ccc1Cl. The van der Waals surface area contributed by atoms with E-state index in [-0.39, 0.29) is 11.7 Å². The largest absolute Gasteiger partial charge is 0.324 e. The fraction of sp³-hybridized carbons (Fsp3) is 0.167. The van der Waals surface area contributed by atoms with E-state index in [0.717, 1.165) is 0 Å². The minimum Gasteiger partial charge on any atom is -0.324 e. The molecule has 1 N–H and O–H groups in total. The summed E-state index contributed by atoms with van der Waals surface area (Å²) in [7, 11) is 1.72. The molecule has 0 bridgehead atoms. The molecule has 0 spiro atoms. The second kappa shape index (κ2) is 8.29. The van der Waals surface area contributed by atoms with Crippen molar-refractivity contribution in [2.45, 2.75) is 17.3 Å². The molecule has 3 aromatic rings. The van der Waals surface area contributed by atoms with Gasteiger partial charge in [-0.3, -0.25) is 4.79 Å². The highest BCUT2D eigenvalue weighted by Gasteiger charge is 2.21. The van der Waals surface area contributed by atoms with Crippen LogP contribution in [0.25, 0.3) is 11.4 Å². The zero-order valence-electron chi connectivity index (χ0n) is 14.4. The van der Waals surface area contributed by atoms with Crippen molar-refractivity contribution in [3.8, 4) is 11.4 Å². The maximum atomic E-state index is 14.0. The lowest BCUT2D eigenvalue weighted by Gasteiger charge is -2.13. The van der Waals surface area contributed by atoms with Crippen LogP contribution in [0.15, 0.2) is 47.6 Å². The fourth-order valence-electron chi connectivity index (χ4n) is 2.33. The molecular formula is C18H15Cl2FN4OS. The number of rotatable bonds is 5. The Morgan fingerprint density at radius 1 is 1.22 bits per heavy atom. The summed E-state index contributed by atoms with van der Waals surface area (Å²) >= 11 is 13.2. The number of amides is 1. The van der Waals surface area contributed by atoms with Crippen molar-refractivity contribution in [1.29, 1.82) is 0 Å². The van der Waals surface area contributed by atoms with E-state index in [9.17, 15) is 9.18 Å². The van der Waals surface area contributed by atoms with Gasteiger partial charge in [-0.15, -0.1) is 10.2 Å². The van der Waals surface area contributed by atoms with Crippen LogP contribution in [0.2, 0.25) is 10.0 Å². The standard InChI is InChI=1S/C18H15Cl2FN4OS/c1-10(17(26)22-15-9-11(19)7-8-13(15)20)27-18-24-23-16(25(18)2)12-5-3-4-6-14(12)21/h3-10H,1-2H3,(H,22,26). The number of nitrogens with one attached hydrogen (secondary N) is 1. The van der Waals surface area contributed by atoms with E-state index < -0.39 is 5.25 Å². The van der Waals surface area contributed by atoms with Crippen molar-refractivity contribution in [3.63, 3.8) is 0 Å². The number of aromatic nitrogens is 3. The van der Waals surface area contributed by atoms with Gasteiger partial charge < -0.3 is 9.88 Å². The lowest BCUT2D eigenvalue weighted by Crippen LogP contribution is -2.23. The number of benzene rings is 2. The third kappa shape index (κ3) is 4.43. The molecule has 0 aliphatic rings. The number of halogens is 3. The van der Waals surface area contributed by atoms with Crippen molar-refractivity contribution in [2.24, 2.45) is 7.05 Å². The smallest absolute Gasteiger partial charge is 0.237 e. The van der Waals surface area contributed by atoms with Gasteiger partial charge in [0.2, 0.25) is 5.91 Å². The fourth-order valence-corrected chi connectivity index (χ4v) is 3.49. The molecule has 9 heteroatoms. The van der Waals surface area contributed by atoms with Crippen LogP contribution < -0.4 is 5.32 Å². The summed E-state index contributed by atoms with van der Waals surface area (Å²) in [4.78, 5) is 12.5. The number of carbonyl (C=O) groups excluding carboxylic acids is 1. The van der Waals surface area contributed by atoms with Gasteiger partial charge in [0.1, 0.15) is 5.82 Å². The van der Waals surface area contributed by atoms with Gasteiger partial charge in [-0.25, -0.2) is 4.39 Å². The van der Waals surface area contributed by atoms with Gasteiger partial charge in [-0.2, -0.15) is 0 Å². The second-order valence-corrected chi connectivity index (χ2v) is 7.87. The number of thioether (sulfide) groups is 1. The third-order valence-electron chi connectivity index (χ3n) is 3.79. The molecule has 0 fully saturated rings. The Balaban J connectivity index is 1.75. The quantitative estimate of drug-likeness (QED) is 0.582. The number of hydrogen-bond acceptors (Lipinski definition) is 4. The Morgan fingerprint density at radius 3 is 2.70 bits per heavy atom. The first-order chi connectivity index (χ1) is 12.9. The minimum absolute atomic E-state index is 0.264. The summed E-state index contributed by atoms with van der Waals surface area (Å²) < 4.78 is 15.6. The van der Waals surface area contributed by atoms with E-state index in [0.29, 0.717) is 32.3 Å². The molecule has 1 amide bonds. The maximum absolute atomic E-state index is 14.0. The predicted molar refractivity (Wildman–Crippen MR) is 107 cm³/mol. The molecule has 3 rings (SSSR count). The van der Waals surface area contributed by atoms with Crippen LogP contribution in [-0.4, -0.2) is 25.9 Å². The van der Waals surface area contributed by atoms with E-state index in [1.54, 1.807) is 54.9 Å². The van der Waals surface area contributed by atoms with Gasteiger partial charge in [0.25, 0.3) is 0 Å². The minimum atomic E-state index is -0.489. The third-order valence-corrected chi connectivity index (χ3v) is 5.49. The van der Waals surface area contributed by atoms with Gasteiger partial charge in [-0.05, 0) is 37.3 Å². The van der Waals surface area contributed by atoms with Crippen LogP contribution in [0, 0.1) is 5.82 Å². The molecule has 140 valence electrons. The first-order valence-electron chi connectivity index (χ1n) is 7.93. The van der Waals surface area contributed by atoms with Crippen molar-refractivity contribution < 1.29 is 9.18 Å². The average Bonchev–Trinajstić information content (AvgIpc) is 2.99. The average molecular weight is 425 g/mol. The number of nitrogens with zero attached hydrogens (tertiary/aromatic N) is 3. The van der Waals surface area contributed by atoms with Gasteiger partial charge >= 0.3 is 0 Å². The summed E-state index contributed by atoms with van der Waals surface area (Å²) in [6, 6.07) is 11.2. The van der Waals surface area contributed by atoms with Crippen molar-refractivity contribution >= 4 is 46.6 Å². The Kier molecular flexibility index (Phi) is 6.04. The molecular weight excluding hydrogens is 410 g/mol. The van der Waals surface area contributed by atoms with Crippen LogP contribution in [0.3, 0.4) is 0 Å². The van der Waals surface area contributed by atoms with Crippen LogP contribution in [0.1, 0.15) is 6.92 Å². The van der Waals surface area contributed by atoms with Crippen LogP contribution >= 0.6 is 35.0 Å². The van der Waals surface area contributed by atoms with Crippen LogP contribution in [0.5, 0.6) is 0 Å². The first-order valence-corrected chi connectivity index (χ1v) is 9.57. The summed E-state index contributed by atoms with van der Waals surface area (Å²) in [6.07, 6.45) is 0. The van der Waals surface area contributed by atoms with Gasteiger partial charge in [0, 0.05) is 12.1 Å². The lowest BCUT2D eigenvalue weighted by molar-refractivity contribution is -0.115. The maximum Gasteiger partial charge on any atom is 0.237 e. The van der Waals surface area contributed by atoms with Gasteiger partial charge in [-0.1, -0.05) is 47.1 Å². The second-order valence-electron chi connectivity index (χ2n) is 5.72. The van der Waals surface area contributed by atoms with E-state index >= 15 is 0 Å². The molecule has 27 heavy (non-hydrogen) atoms. The molecule has 0 aliphatic heterocycles. The molecule has 0 saturated heterocycles. The summed E-state index contributed by atoms with van der Waals surface area (Å²) in [5.74, 6) is -0.258. The highest BCUT2D eigenvalue weighted by molar-refractivity contribution is 8.00. The summed E-state index contributed by atoms with van der Waals surface area (Å²) in [6.45, 7) is 1.73. The molecule has 1 unspecified atom stereocenters. The molecule has 0 saturated carbocycles. The zero-order valence-corrected chi connectivity index (χ0v) is 16.7. The predicted octanol–water partition coefficient (Wildman–Crippen LogP) is 5.05. The Morgan fingerprint density at radius 2 is 1.96 bits per heavy atom. The van der Waals surface area contributed by atoms with Crippen molar-refractivity contribution in [3.05, 3.63) is 58.3 Å². The van der Waals surface area contributed by atoms with Crippen LogP contribution in [-0.2, 0) is 11.8 Å². The molecule has 0 aliphatic carbocycles. The normalized spacial score (nSPS) is 12.0. The number of carbonyl (C=O) groups is 1. The van der Waals surface area contributed by atoms with E-state index in [4.69, 9.17) is 23.2 Å². The topological polar surface area (TPSA) is 59.8 Å². The first kappa shape index (κ1) is 19.7. The van der Waals surface area contributed by atoms with Gasteiger partial charge in [0.15, 0.2) is 11.0 Å². The van der Waals surface area contributed by atoms with Crippen LogP contribution in [0.4, 0.5) is 10.1 Å². The highest BCUT2D eigenvalue weighted by atomic mass is 35.5. The van der Waals surface area contributed by atoms with Crippen molar-refractivity contribution in [2.75, 3.05) is 5.32 Å². The van der Waals surface area contributed by atoms with Gasteiger partial charge in [0.05, 0.1) is 21.5 Å². The Hall–Kier alpha value is -2.09. The molecule has 1 atom stereocenters. The number of anilines is 1. The molecule has 0 radical (unpaired) electrons. The number of hydrogen-bond donors (Lipinski definition) is 1. The van der Waals surface area contributed by atoms with Crippen molar-refractivity contribution in [1.82, 2.24) is 14.8 Å². The molecule has 1 aromatic heterocycles. The Bertz CT molecular complexity index is 995. The highest BCUT2D eigenvalue weighted by Crippen LogP contribution is 2.29. The molecule has 1 heterocycles. The zero-order chi connectivity index (χ0) is 19.6. The van der Waals surface area contributed by atoms with E-state index in [1.165, 1.54) is 17.8 Å². The lowest BCUT2D eigenvalue weighted by atomic mass is 10.2. The molecule has 5 nitrogen and oxygen atoms in total. The summed E-state index contributed by atoms with van der Waals surface area (Å²) in [5, 5.41) is 11.7. The Labute approximate surface area is 169 Å². The molecule has 2 aromatic carbocycles. The monoisotopic (exact) mass is 424 g/mol.